The summed E-state index contributed by atoms with van der Waals surface area (Å²) in [7, 11) is 2.08. The molecule has 2 amide bonds. The number of carbonyl (C=O) groups excluding carboxylic acids is 3. The predicted molar refractivity (Wildman–Crippen MR) is 327 cm³/mol. The molecule has 0 radical (unpaired) electrons. The Bertz CT molecular complexity index is 3380. The van der Waals surface area contributed by atoms with E-state index < -0.39 is 41.5 Å². The van der Waals surface area contributed by atoms with Gasteiger partial charge in [-0.05, 0) is 95.1 Å². The maximum absolute atomic E-state index is 15.1. The van der Waals surface area contributed by atoms with E-state index in [-0.39, 0.29) is 56.0 Å². The molecule has 8 N–H and O–H groups in total. The summed E-state index contributed by atoms with van der Waals surface area (Å²) in [6.07, 6.45) is -6.79. The van der Waals surface area contributed by atoms with Crippen LogP contribution >= 0.6 is 0 Å². The molecule has 0 aliphatic carbocycles. The molecule has 9 rings (SSSR count). The van der Waals surface area contributed by atoms with E-state index in [0.29, 0.717) is 89.5 Å². The van der Waals surface area contributed by atoms with Crippen LogP contribution in [0.15, 0.2) is 217 Å². The van der Waals surface area contributed by atoms with Crippen LogP contribution in [0.1, 0.15) is 74.2 Å². The van der Waals surface area contributed by atoms with Crippen molar-refractivity contribution < 1.29 is 49.9 Å². The van der Waals surface area contributed by atoms with Crippen LogP contribution in [0.4, 0.5) is 49.1 Å². The number of rotatable bonds is 27. The van der Waals surface area contributed by atoms with Crippen LogP contribution in [0.25, 0.3) is 0 Å². The second-order valence-electron chi connectivity index (χ2n) is 22.1. The number of benzene rings is 7. The maximum atomic E-state index is 15.1. The van der Waals surface area contributed by atoms with Crippen molar-refractivity contribution in [1.29, 1.82) is 0 Å². The molecule has 19 heteroatoms. The standard InChI is InChI=1S/C68H69F6N9O4/c1-3-38-87-66(86)51-24-22-48(23-25-51)45-83(2,36-12-34-81-43-58(79-56-20-10-18-52(39-56)67(69,70)71)60(64(81)84)62(49-26-30-54(75)31-27-49)77-41-46-14-6-4-7-15-46)37-13-35-82-44-59(80-57-21-11-19-53(40-57)68(72,73)74)61(65(82)85)63(50-28-32-55(76)33-29-50)78-42-47-16-8-5-9-17-47/h3-11,14-33,39-40,62-63,77-78H,1,12-13,34-38,41-45,75-76H2,2H3,(H-,79,80,84,85)/p+1/t62-,63-/m1/s1. The molecule has 7 aromatic carbocycles. The van der Waals surface area contributed by atoms with Crippen molar-refractivity contribution in [3.63, 3.8) is 0 Å². The van der Waals surface area contributed by atoms with Crippen LogP contribution in [0.2, 0.25) is 0 Å². The number of nitrogens with zero attached hydrogens (tertiary/aromatic N) is 3. The van der Waals surface area contributed by atoms with Gasteiger partial charge in [-0.3, -0.25) is 9.59 Å². The normalized spacial score (nSPS) is 14.6. The first kappa shape index (κ1) is 62.4. The minimum atomic E-state index is -4.61. The summed E-state index contributed by atoms with van der Waals surface area (Å²) in [5, 5.41) is 13.6. The molecule has 0 saturated carbocycles. The molecule has 2 aliphatic heterocycles. The van der Waals surface area contributed by atoms with E-state index in [1.807, 2.05) is 97.1 Å². The quantitative estimate of drug-likeness (QED) is 0.00959. The van der Waals surface area contributed by atoms with Crippen molar-refractivity contribution in [2.45, 2.75) is 56.9 Å². The molecule has 2 aliphatic rings. The number of carbonyl (C=O) groups is 3. The average molecular weight is 1190 g/mol. The minimum absolute atomic E-state index is 0.0483. The average Bonchev–Trinajstić information content (AvgIpc) is 1.99. The lowest BCUT2D eigenvalue weighted by atomic mass is 9.96. The van der Waals surface area contributed by atoms with E-state index >= 15 is 9.59 Å². The van der Waals surface area contributed by atoms with Crippen molar-refractivity contribution in [2.75, 3.05) is 75.0 Å². The van der Waals surface area contributed by atoms with Crippen molar-refractivity contribution in [3.8, 4) is 0 Å². The highest BCUT2D eigenvalue weighted by molar-refractivity contribution is 6.00. The van der Waals surface area contributed by atoms with Crippen molar-refractivity contribution in [2.24, 2.45) is 0 Å². The molecule has 13 nitrogen and oxygen atoms in total. The number of anilines is 4. The maximum Gasteiger partial charge on any atom is 0.416 e. The Kier molecular flexibility index (Phi) is 20.0. The summed E-state index contributed by atoms with van der Waals surface area (Å²) < 4.78 is 90.2. The van der Waals surface area contributed by atoms with Crippen LogP contribution in [0, 0.1) is 0 Å². The number of ether oxygens (including phenoxy) is 1. The summed E-state index contributed by atoms with van der Waals surface area (Å²) in [5.74, 6) is -1.11. The lowest BCUT2D eigenvalue weighted by Crippen LogP contribution is -2.47. The molecule has 0 saturated heterocycles. The molecule has 2 heterocycles. The highest BCUT2D eigenvalue weighted by Gasteiger charge is 2.40. The highest BCUT2D eigenvalue weighted by atomic mass is 19.4. The molecular weight excluding hydrogens is 1120 g/mol. The van der Waals surface area contributed by atoms with Crippen molar-refractivity contribution in [1.82, 2.24) is 20.4 Å². The predicted octanol–water partition coefficient (Wildman–Crippen LogP) is 12.4. The zero-order valence-corrected chi connectivity index (χ0v) is 48.1. The molecular formula is C68H70F6N9O4+. The number of quaternary nitrogens is 1. The van der Waals surface area contributed by atoms with E-state index in [2.05, 4.69) is 34.9 Å². The van der Waals surface area contributed by atoms with Gasteiger partial charge in [-0.25, -0.2) is 4.79 Å². The van der Waals surface area contributed by atoms with Crippen LogP contribution in [0.3, 0.4) is 0 Å². The van der Waals surface area contributed by atoms with Crippen LogP contribution in [-0.2, 0) is 46.3 Å². The number of nitrogen functional groups attached to an aromatic ring is 2. The van der Waals surface area contributed by atoms with Crippen molar-refractivity contribution in [3.05, 3.63) is 262 Å². The fraction of sp³-hybridized carbons (Fsp3) is 0.250. The minimum Gasteiger partial charge on any atom is -0.458 e. The van der Waals surface area contributed by atoms with Gasteiger partial charge in [0.2, 0.25) is 0 Å². The summed E-state index contributed by atoms with van der Waals surface area (Å²) in [6.45, 7) is 6.53. The number of hydrogen-bond acceptors (Lipinski definition) is 10. The Morgan fingerprint density at radius 2 is 1.01 bits per heavy atom. The van der Waals surface area contributed by atoms with Gasteiger partial charge in [-0.15, -0.1) is 0 Å². The van der Waals surface area contributed by atoms with Gasteiger partial charge >= 0.3 is 18.3 Å². The number of amides is 2. The van der Waals surface area contributed by atoms with Crippen LogP contribution in [-0.4, -0.2) is 85.0 Å². The van der Waals surface area contributed by atoms with E-state index in [0.717, 1.165) is 52.1 Å². The number of hydrogen-bond donors (Lipinski definition) is 6. The highest BCUT2D eigenvalue weighted by Crippen LogP contribution is 2.38. The second-order valence-corrected chi connectivity index (χ2v) is 22.1. The number of halogens is 6. The third-order valence-electron chi connectivity index (χ3n) is 15.5. The van der Waals surface area contributed by atoms with Crippen LogP contribution in [0.5, 0.6) is 0 Å². The third-order valence-corrected chi connectivity index (χ3v) is 15.5. The zero-order chi connectivity index (χ0) is 61.7. The fourth-order valence-corrected chi connectivity index (χ4v) is 11.1. The van der Waals surface area contributed by atoms with Gasteiger partial charge in [0.1, 0.15) is 13.2 Å². The van der Waals surface area contributed by atoms with Gasteiger partial charge in [0, 0.05) is 78.7 Å². The summed E-state index contributed by atoms with van der Waals surface area (Å²) >= 11 is 0. The molecule has 2 atom stereocenters. The molecule has 0 aromatic heterocycles. The Labute approximate surface area is 502 Å². The molecule has 0 unspecified atom stereocenters. The van der Waals surface area contributed by atoms with Gasteiger partial charge in [-0.2, -0.15) is 26.3 Å². The Morgan fingerprint density at radius 3 is 1.41 bits per heavy atom. The van der Waals surface area contributed by atoms with E-state index in [1.54, 1.807) is 46.2 Å². The largest absolute Gasteiger partial charge is 0.458 e. The molecule has 87 heavy (non-hydrogen) atoms. The van der Waals surface area contributed by atoms with Gasteiger partial charge < -0.3 is 51.8 Å². The first-order valence-corrected chi connectivity index (χ1v) is 28.6. The van der Waals surface area contributed by atoms with E-state index in [9.17, 15) is 31.1 Å². The van der Waals surface area contributed by atoms with Gasteiger partial charge in [0.25, 0.3) is 11.8 Å². The SMILES string of the molecule is C=CCOC(=O)c1ccc(C[N+](C)(CCCN2CC(Nc3cccc(C(F)(F)F)c3)=C([C@H](NCc3ccccc3)c3ccc(N)cc3)C2=O)CCCN2CC(Nc3cccc(C(F)(F)F)c3)=C([C@H](NCc3ccccc3)c3ccc(N)cc3)C2=O)cc1. The fourth-order valence-electron chi connectivity index (χ4n) is 11.1. The Morgan fingerprint density at radius 1 is 0.586 bits per heavy atom. The Hall–Kier alpha value is -9.17. The van der Waals surface area contributed by atoms with Gasteiger partial charge in [0.15, 0.2) is 0 Å². The number of esters is 1. The van der Waals surface area contributed by atoms with Gasteiger partial charge in [-0.1, -0.05) is 122 Å². The van der Waals surface area contributed by atoms with E-state index in [1.165, 1.54) is 30.3 Å². The monoisotopic (exact) mass is 1190 g/mol. The van der Waals surface area contributed by atoms with Crippen molar-refractivity contribution >= 4 is 40.5 Å². The van der Waals surface area contributed by atoms with Gasteiger partial charge in [0.05, 0.1) is 73.1 Å². The lowest BCUT2D eigenvalue weighted by Gasteiger charge is -2.36. The zero-order valence-electron chi connectivity index (χ0n) is 48.1. The molecule has 0 fully saturated rings. The summed E-state index contributed by atoms with van der Waals surface area (Å²) in [5.41, 5.74) is 18.1. The molecule has 0 spiro atoms. The number of nitrogens with two attached hydrogens (primary N) is 2. The Balaban J connectivity index is 0.984. The third kappa shape index (κ3) is 16.4. The van der Waals surface area contributed by atoms with Crippen LogP contribution < -0.4 is 32.7 Å². The summed E-state index contributed by atoms with van der Waals surface area (Å²) in [4.78, 5) is 46.4. The first-order chi connectivity index (χ1) is 41.7. The number of alkyl halides is 6. The first-order valence-electron chi connectivity index (χ1n) is 28.6. The second kappa shape index (κ2) is 27.9. The molecule has 7 aromatic rings. The number of nitrogens with one attached hydrogen (secondary N) is 4. The smallest absolute Gasteiger partial charge is 0.416 e. The lowest BCUT2D eigenvalue weighted by molar-refractivity contribution is -0.922. The van der Waals surface area contributed by atoms with E-state index in [4.69, 9.17) is 16.2 Å². The molecule has 452 valence electrons. The topological polar surface area (TPSA) is 167 Å². The summed E-state index contributed by atoms with van der Waals surface area (Å²) in [6, 6.07) is 48.9. The molecule has 0 bridgehead atoms.